The Labute approximate surface area is 169 Å². The van der Waals surface area contributed by atoms with Gasteiger partial charge < -0.3 is 0 Å². The van der Waals surface area contributed by atoms with E-state index < -0.39 is 0 Å². The summed E-state index contributed by atoms with van der Waals surface area (Å²) in [6, 6.07) is 22.8. The zero-order chi connectivity index (χ0) is 18.9. The number of thiophene rings is 1. The van der Waals surface area contributed by atoms with Crippen LogP contribution in [0.5, 0.6) is 0 Å². The largest absolute Gasteiger partial charge is 0.140 e. The van der Waals surface area contributed by atoms with Crippen molar-refractivity contribution < 1.29 is 0 Å². The average molecular weight is 377 g/mol. The summed E-state index contributed by atoms with van der Waals surface area (Å²) in [5.74, 6) is 0. The van der Waals surface area contributed by atoms with Gasteiger partial charge in [-0.2, -0.15) is 0 Å². The summed E-state index contributed by atoms with van der Waals surface area (Å²) in [5, 5.41) is 0. The summed E-state index contributed by atoms with van der Waals surface area (Å²) in [7, 11) is 0. The van der Waals surface area contributed by atoms with Crippen LogP contribution in [-0.2, 0) is 12.8 Å². The molecule has 3 aromatic rings. The summed E-state index contributed by atoms with van der Waals surface area (Å²) < 4.78 is 0. The number of hydrogen-bond donors (Lipinski definition) is 0. The predicted molar refractivity (Wildman–Crippen MR) is 122 cm³/mol. The smallest absolute Gasteiger partial charge is 0.0345 e. The van der Waals surface area contributed by atoms with Crippen LogP contribution in [0, 0.1) is 0 Å². The van der Waals surface area contributed by atoms with Crippen LogP contribution in [0.2, 0.25) is 0 Å². The van der Waals surface area contributed by atoms with Crippen molar-refractivity contribution in [2.24, 2.45) is 0 Å². The van der Waals surface area contributed by atoms with Crippen LogP contribution in [0.4, 0.5) is 0 Å². The minimum absolute atomic E-state index is 1.20. The summed E-state index contributed by atoms with van der Waals surface area (Å²) in [4.78, 5) is 2.90. The van der Waals surface area contributed by atoms with Gasteiger partial charge in [-0.1, -0.05) is 88.1 Å². The molecule has 0 radical (unpaired) electrons. The fraction of sp³-hybridized carbons (Fsp3) is 0.385. The first-order chi connectivity index (χ1) is 13.3. The molecule has 0 aliphatic carbocycles. The third-order valence-electron chi connectivity index (χ3n) is 5.21. The van der Waals surface area contributed by atoms with E-state index in [2.05, 4.69) is 74.5 Å². The van der Waals surface area contributed by atoms with E-state index >= 15 is 0 Å². The third kappa shape index (κ3) is 5.81. The Hall–Kier alpha value is -1.86. The van der Waals surface area contributed by atoms with Crippen LogP contribution >= 0.6 is 11.3 Å². The molecule has 142 valence electrons. The van der Waals surface area contributed by atoms with Gasteiger partial charge in [-0.3, -0.25) is 0 Å². The van der Waals surface area contributed by atoms with Crippen molar-refractivity contribution in [2.75, 3.05) is 0 Å². The van der Waals surface area contributed by atoms with Gasteiger partial charge in [0.05, 0.1) is 0 Å². The predicted octanol–water partition coefficient (Wildman–Crippen LogP) is 8.55. The van der Waals surface area contributed by atoms with Crippen LogP contribution in [0.15, 0.2) is 60.7 Å². The van der Waals surface area contributed by atoms with Crippen molar-refractivity contribution in [3.8, 4) is 21.6 Å². The van der Waals surface area contributed by atoms with Crippen molar-refractivity contribution >= 4 is 11.3 Å². The second-order valence-corrected chi connectivity index (χ2v) is 8.62. The van der Waals surface area contributed by atoms with Crippen molar-refractivity contribution in [3.05, 3.63) is 71.1 Å². The Morgan fingerprint density at radius 1 is 0.556 bits per heavy atom. The number of hydrogen-bond acceptors (Lipinski definition) is 1. The van der Waals surface area contributed by atoms with Crippen molar-refractivity contribution in [1.82, 2.24) is 0 Å². The van der Waals surface area contributed by atoms with Gasteiger partial charge in [-0.05, 0) is 60.1 Å². The molecule has 0 nitrogen and oxygen atoms in total. The van der Waals surface area contributed by atoms with Gasteiger partial charge in [0.1, 0.15) is 0 Å². The minimum atomic E-state index is 1.20. The minimum Gasteiger partial charge on any atom is -0.140 e. The van der Waals surface area contributed by atoms with Gasteiger partial charge in [0.15, 0.2) is 0 Å². The number of unbranched alkanes of at least 4 members (excludes halogenated alkanes) is 4. The summed E-state index contributed by atoms with van der Waals surface area (Å²) >= 11 is 1.95. The second kappa shape index (κ2) is 10.5. The van der Waals surface area contributed by atoms with E-state index in [9.17, 15) is 0 Å². The summed E-state index contributed by atoms with van der Waals surface area (Å²) in [6.45, 7) is 4.53. The normalized spacial score (nSPS) is 11.0. The van der Waals surface area contributed by atoms with Gasteiger partial charge >= 0.3 is 0 Å². The first-order valence-corrected chi connectivity index (χ1v) is 11.4. The third-order valence-corrected chi connectivity index (χ3v) is 6.41. The maximum atomic E-state index is 2.31. The Morgan fingerprint density at radius 2 is 1.11 bits per heavy atom. The van der Waals surface area contributed by atoms with Gasteiger partial charge in [-0.25, -0.2) is 0 Å². The molecule has 0 fully saturated rings. The molecule has 0 N–H and O–H groups in total. The Kier molecular flexibility index (Phi) is 7.71. The molecular weight excluding hydrogens is 344 g/mol. The Bertz CT molecular complexity index is 793. The first kappa shape index (κ1) is 19.9. The molecule has 1 heteroatoms. The molecule has 0 unspecified atom stereocenters. The summed E-state index contributed by atoms with van der Waals surface area (Å²) in [5.41, 5.74) is 5.41. The number of rotatable bonds is 10. The molecule has 3 rings (SSSR count). The topological polar surface area (TPSA) is 0 Å². The van der Waals surface area contributed by atoms with Crippen molar-refractivity contribution in [3.63, 3.8) is 0 Å². The van der Waals surface area contributed by atoms with E-state index in [0.717, 1.165) is 0 Å². The quantitative estimate of drug-likeness (QED) is 0.311. The van der Waals surface area contributed by atoms with Crippen LogP contribution in [-0.4, -0.2) is 0 Å². The molecule has 0 aliphatic rings. The molecule has 0 bridgehead atoms. The zero-order valence-electron chi connectivity index (χ0n) is 16.8. The molecule has 1 heterocycles. The number of benzene rings is 2. The molecule has 0 saturated heterocycles. The monoisotopic (exact) mass is 376 g/mol. The average Bonchev–Trinajstić information content (AvgIpc) is 3.18. The van der Waals surface area contributed by atoms with E-state index in [1.54, 1.807) is 0 Å². The molecular formula is C26H32S. The highest BCUT2D eigenvalue weighted by Gasteiger charge is 2.04. The lowest BCUT2D eigenvalue weighted by Crippen LogP contribution is -1.86. The highest BCUT2D eigenvalue weighted by molar-refractivity contribution is 7.15. The maximum Gasteiger partial charge on any atom is 0.0345 e. The molecule has 0 spiro atoms. The van der Waals surface area contributed by atoms with Crippen LogP contribution in [0.3, 0.4) is 0 Å². The fourth-order valence-corrected chi connectivity index (χ4v) is 4.54. The lowest BCUT2D eigenvalue weighted by molar-refractivity contribution is 0.717. The molecule has 0 amide bonds. The van der Waals surface area contributed by atoms with Gasteiger partial charge in [0, 0.05) is 9.75 Å². The van der Waals surface area contributed by atoms with E-state index in [4.69, 9.17) is 0 Å². The van der Waals surface area contributed by atoms with Crippen LogP contribution < -0.4 is 0 Å². The van der Waals surface area contributed by atoms with E-state index in [1.165, 1.54) is 83.4 Å². The van der Waals surface area contributed by atoms with Gasteiger partial charge in [-0.15, -0.1) is 11.3 Å². The Balaban J connectivity index is 1.63. The summed E-state index contributed by atoms with van der Waals surface area (Å²) in [6.07, 6.45) is 10.3. The zero-order valence-corrected chi connectivity index (χ0v) is 17.7. The van der Waals surface area contributed by atoms with Gasteiger partial charge in [0.2, 0.25) is 0 Å². The fourth-order valence-electron chi connectivity index (χ4n) is 3.49. The van der Waals surface area contributed by atoms with Crippen LogP contribution in [0.25, 0.3) is 21.6 Å². The lowest BCUT2D eigenvalue weighted by atomic mass is 10.0. The standard InChI is InChI=1S/C26H32S/c1-3-5-7-9-21-11-13-22(14-12-21)23-15-17-24(18-16-23)26-20-19-25(27-26)10-8-6-4-2/h11-20H,3-10H2,1-2H3. The maximum absolute atomic E-state index is 2.31. The molecule has 0 atom stereocenters. The van der Waals surface area contributed by atoms with E-state index in [0.29, 0.717) is 0 Å². The lowest BCUT2D eigenvalue weighted by Gasteiger charge is -2.06. The van der Waals surface area contributed by atoms with E-state index in [1.807, 2.05) is 11.3 Å². The molecule has 2 aromatic carbocycles. The van der Waals surface area contributed by atoms with Crippen molar-refractivity contribution in [1.29, 1.82) is 0 Å². The van der Waals surface area contributed by atoms with E-state index in [-0.39, 0.29) is 0 Å². The van der Waals surface area contributed by atoms with Crippen LogP contribution in [0.1, 0.15) is 62.8 Å². The molecule has 1 aromatic heterocycles. The first-order valence-electron chi connectivity index (χ1n) is 10.6. The molecule has 0 aliphatic heterocycles. The molecule has 0 saturated carbocycles. The highest BCUT2D eigenvalue weighted by Crippen LogP contribution is 2.31. The highest BCUT2D eigenvalue weighted by atomic mass is 32.1. The molecule has 27 heavy (non-hydrogen) atoms. The second-order valence-electron chi connectivity index (χ2n) is 7.45. The number of aryl methyl sites for hydroxylation is 2. The Morgan fingerprint density at radius 3 is 1.74 bits per heavy atom. The van der Waals surface area contributed by atoms with Gasteiger partial charge in [0.25, 0.3) is 0 Å². The SMILES string of the molecule is CCCCCc1ccc(-c2ccc(-c3ccc(CCCCC)s3)cc2)cc1. The van der Waals surface area contributed by atoms with Crippen molar-refractivity contribution in [2.45, 2.75) is 65.2 Å².